The molecule has 3 nitrogen and oxygen atoms in total. The lowest BCUT2D eigenvalue weighted by Crippen LogP contribution is -2.35. The first kappa shape index (κ1) is 16.2. The van der Waals surface area contributed by atoms with Gasteiger partial charge in [0.15, 0.2) is 0 Å². The van der Waals surface area contributed by atoms with Crippen LogP contribution in [0.5, 0.6) is 0 Å². The van der Waals surface area contributed by atoms with Crippen LogP contribution in [-0.4, -0.2) is 43.5 Å². The fraction of sp³-hybridized carbons (Fsp3) is 0.462. The van der Waals surface area contributed by atoms with Crippen LogP contribution in [0.3, 0.4) is 0 Å². The lowest BCUT2D eigenvalue weighted by Gasteiger charge is -2.20. The summed E-state index contributed by atoms with van der Waals surface area (Å²) in [5.74, 6) is -0.720. The molecule has 0 aromatic heterocycles. The van der Waals surface area contributed by atoms with Crippen molar-refractivity contribution in [1.82, 2.24) is 4.90 Å². The number of halogens is 3. The third-order valence-electron chi connectivity index (χ3n) is 2.63. The highest BCUT2D eigenvalue weighted by atomic mass is 35.5. The molecule has 0 bridgehead atoms. The second-order valence-electron chi connectivity index (χ2n) is 4.20. The Morgan fingerprint density at radius 2 is 2.21 bits per heavy atom. The molecule has 1 atom stereocenters. The van der Waals surface area contributed by atoms with Gasteiger partial charge in [-0.1, -0.05) is 17.7 Å². The minimum absolute atomic E-state index is 0.0847. The van der Waals surface area contributed by atoms with Crippen molar-refractivity contribution in [3.05, 3.63) is 34.6 Å². The zero-order valence-corrected chi connectivity index (χ0v) is 12.3. The molecule has 106 valence electrons. The maximum atomic E-state index is 13.6. The van der Waals surface area contributed by atoms with E-state index >= 15 is 0 Å². The van der Waals surface area contributed by atoms with Crippen LogP contribution >= 0.6 is 23.2 Å². The van der Waals surface area contributed by atoms with E-state index in [-0.39, 0.29) is 28.3 Å². The minimum Gasteiger partial charge on any atom is -0.383 e. The lowest BCUT2D eigenvalue weighted by atomic mass is 10.1. The van der Waals surface area contributed by atoms with Gasteiger partial charge in [0.1, 0.15) is 5.82 Å². The van der Waals surface area contributed by atoms with Crippen molar-refractivity contribution in [3.63, 3.8) is 0 Å². The van der Waals surface area contributed by atoms with Crippen LogP contribution in [0.25, 0.3) is 0 Å². The van der Waals surface area contributed by atoms with Crippen molar-refractivity contribution in [2.45, 2.75) is 11.8 Å². The first-order chi connectivity index (χ1) is 8.95. The number of nitrogens with zero attached hydrogens (tertiary/aromatic N) is 1. The molecule has 1 aromatic carbocycles. The summed E-state index contributed by atoms with van der Waals surface area (Å²) in [6, 6.07) is 4.34. The Hall–Kier alpha value is -0.840. The Morgan fingerprint density at radius 1 is 1.53 bits per heavy atom. The van der Waals surface area contributed by atoms with Gasteiger partial charge < -0.3 is 9.64 Å². The van der Waals surface area contributed by atoms with Gasteiger partial charge in [-0.15, -0.1) is 11.6 Å². The first-order valence-electron chi connectivity index (χ1n) is 5.75. The van der Waals surface area contributed by atoms with Crippen molar-refractivity contribution in [2.75, 3.05) is 27.3 Å². The van der Waals surface area contributed by atoms with Crippen LogP contribution in [0, 0.1) is 5.82 Å². The number of carbonyl (C=O) groups is 1. The molecule has 0 saturated heterocycles. The van der Waals surface area contributed by atoms with E-state index in [2.05, 4.69) is 0 Å². The molecule has 1 aromatic rings. The zero-order valence-electron chi connectivity index (χ0n) is 10.8. The van der Waals surface area contributed by atoms with E-state index in [1.165, 1.54) is 24.1 Å². The largest absolute Gasteiger partial charge is 0.383 e. The number of carbonyl (C=O) groups excluding carboxylic acids is 1. The maximum Gasteiger partial charge on any atom is 0.226 e. The van der Waals surface area contributed by atoms with E-state index in [0.29, 0.717) is 13.2 Å². The molecule has 0 radical (unpaired) electrons. The van der Waals surface area contributed by atoms with Gasteiger partial charge in [0.2, 0.25) is 5.91 Å². The Kier molecular flexibility index (Phi) is 6.55. The fourth-order valence-corrected chi connectivity index (χ4v) is 2.18. The van der Waals surface area contributed by atoms with Crippen molar-refractivity contribution in [1.29, 1.82) is 0 Å². The van der Waals surface area contributed by atoms with Gasteiger partial charge in [-0.2, -0.15) is 0 Å². The summed E-state index contributed by atoms with van der Waals surface area (Å²) in [6.07, 6.45) is -0.0847. The van der Waals surface area contributed by atoms with Crippen LogP contribution in [0.15, 0.2) is 18.2 Å². The smallest absolute Gasteiger partial charge is 0.226 e. The van der Waals surface area contributed by atoms with Gasteiger partial charge >= 0.3 is 0 Å². The molecular weight excluding hydrogens is 292 g/mol. The Labute approximate surface area is 122 Å². The lowest BCUT2D eigenvalue weighted by molar-refractivity contribution is -0.129. The molecular formula is C13H16Cl2FNO2. The number of amides is 1. The molecule has 19 heavy (non-hydrogen) atoms. The molecule has 0 spiro atoms. The minimum atomic E-state index is -0.478. The number of benzene rings is 1. The molecule has 0 N–H and O–H groups in total. The summed E-state index contributed by atoms with van der Waals surface area (Å²) in [5.41, 5.74) is 0.207. The Morgan fingerprint density at radius 3 is 2.79 bits per heavy atom. The summed E-state index contributed by atoms with van der Waals surface area (Å²) in [6.45, 7) is 0.680. The molecule has 0 aliphatic carbocycles. The van der Waals surface area contributed by atoms with E-state index in [9.17, 15) is 9.18 Å². The van der Waals surface area contributed by atoms with Crippen LogP contribution in [0.1, 0.15) is 5.56 Å². The molecule has 6 heteroatoms. The maximum absolute atomic E-state index is 13.6. The van der Waals surface area contributed by atoms with E-state index in [1.54, 1.807) is 13.1 Å². The number of ether oxygens (including phenoxy) is 1. The van der Waals surface area contributed by atoms with Crippen LogP contribution in [0.2, 0.25) is 5.02 Å². The van der Waals surface area contributed by atoms with Gasteiger partial charge in [-0.3, -0.25) is 4.79 Å². The van der Waals surface area contributed by atoms with Gasteiger partial charge in [-0.25, -0.2) is 4.39 Å². The normalized spacial score (nSPS) is 12.3. The predicted octanol–water partition coefficient (Wildman–Crippen LogP) is 2.73. The second-order valence-corrected chi connectivity index (χ2v) is 5.23. The number of likely N-dealkylation sites (N-methyl/N-ethyl adjacent to an activating group) is 1. The quantitative estimate of drug-likeness (QED) is 0.756. The van der Waals surface area contributed by atoms with Gasteiger partial charge in [-0.05, 0) is 12.1 Å². The number of alkyl halides is 1. The SMILES string of the molecule is COCC(Cl)CN(C)C(=O)Cc1c(F)cccc1Cl. The first-order valence-corrected chi connectivity index (χ1v) is 6.57. The average molecular weight is 308 g/mol. The summed E-state index contributed by atoms with van der Waals surface area (Å²) < 4.78 is 18.4. The van der Waals surface area contributed by atoms with Crippen LogP contribution < -0.4 is 0 Å². The average Bonchev–Trinajstić information content (AvgIpc) is 2.34. The van der Waals surface area contributed by atoms with Gasteiger partial charge in [0.25, 0.3) is 0 Å². The van der Waals surface area contributed by atoms with Gasteiger partial charge in [0, 0.05) is 31.3 Å². The van der Waals surface area contributed by atoms with Gasteiger partial charge in [0.05, 0.1) is 18.4 Å². The Bertz CT molecular complexity index is 422. The zero-order chi connectivity index (χ0) is 14.4. The molecule has 0 heterocycles. The van der Waals surface area contributed by atoms with Crippen LogP contribution in [0.4, 0.5) is 4.39 Å². The van der Waals surface area contributed by atoms with E-state index in [4.69, 9.17) is 27.9 Å². The molecule has 1 rings (SSSR count). The monoisotopic (exact) mass is 307 g/mol. The molecule has 0 saturated carbocycles. The highest BCUT2D eigenvalue weighted by molar-refractivity contribution is 6.31. The number of methoxy groups -OCH3 is 1. The highest BCUT2D eigenvalue weighted by Gasteiger charge is 2.17. The predicted molar refractivity (Wildman–Crippen MR) is 74.3 cm³/mol. The van der Waals surface area contributed by atoms with Crippen molar-refractivity contribution < 1.29 is 13.9 Å². The number of rotatable bonds is 6. The third-order valence-corrected chi connectivity index (χ3v) is 3.25. The summed E-state index contributed by atoms with van der Waals surface area (Å²) >= 11 is 11.8. The number of hydrogen-bond donors (Lipinski definition) is 0. The summed E-state index contributed by atoms with van der Waals surface area (Å²) in [5, 5.41) is -0.0453. The van der Waals surface area contributed by atoms with Crippen molar-refractivity contribution in [2.24, 2.45) is 0 Å². The third kappa shape index (κ3) is 4.97. The van der Waals surface area contributed by atoms with Crippen LogP contribution in [-0.2, 0) is 16.0 Å². The Balaban J connectivity index is 2.64. The topological polar surface area (TPSA) is 29.5 Å². The standard InChI is InChI=1S/C13H16Cl2FNO2/c1-17(7-9(14)8-19-2)13(18)6-10-11(15)4-3-5-12(10)16/h3-5,9H,6-8H2,1-2H3. The molecule has 0 aliphatic heterocycles. The fourth-order valence-electron chi connectivity index (χ4n) is 1.62. The highest BCUT2D eigenvalue weighted by Crippen LogP contribution is 2.20. The summed E-state index contributed by atoms with van der Waals surface area (Å²) in [7, 11) is 3.15. The number of hydrogen-bond acceptors (Lipinski definition) is 2. The summed E-state index contributed by atoms with van der Waals surface area (Å²) in [4.78, 5) is 13.4. The van der Waals surface area contributed by atoms with Crippen molar-refractivity contribution in [3.8, 4) is 0 Å². The molecule has 0 fully saturated rings. The van der Waals surface area contributed by atoms with E-state index in [0.717, 1.165) is 0 Å². The molecule has 1 unspecified atom stereocenters. The molecule has 1 amide bonds. The second kappa shape index (κ2) is 7.68. The van der Waals surface area contributed by atoms with Crippen molar-refractivity contribution >= 4 is 29.1 Å². The van der Waals surface area contributed by atoms with E-state index in [1.807, 2.05) is 0 Å². The van der Waals surface area contributed by atoms with E-state index < -0.39 is 5.82 Å². The molecule has 0 aliphatic rings.